The zero-order valence-corrected chi connectivity index (χ0v) is 16.5. The number of hydrogen-bond donors (Lipinski definition) is 1. The maximum absolute atomic E-state index is 13.1. The van der Waals surface area contributed by atoms with Crippen LogP contribution < -0.4 is 5.32 Å². The Balaban J connectivity index is 2.19. The second-order valence-electron chi connectivity index (χ2n) is 7.26. The first-order valence-electron chi connectivity index (χ1n) is 9.36. The molecule has 0 bridgehead atoms. The molecule has 7 heteroatoms. The predicted octanol–water partition coefficient (Wildman–Crippen LogP) is 3.13. The van der Waals surface area contributed by atoms with E-state index in [4.69, 9.17) is 14.2 Å². The summed E-state index contributed by atoms with van der Waals surface area (Å²) in [6, 6.07) is 5.57. The third-order valence-corrected chi connectivity index (χ3v) is 5.17. The van der Waals surface area contributed by atoms with Gasteiger partial charge in [0, 0.05) is 19.4 Å². The number of carbonyl (C=O) groups excluding carboxylic acids is 2. The minimum atomic E-state index is -0.839. The standard InChI is InChI=1S/C21H24N2O5/c1-5-26-20(25)28-18-17(16-12(2)8-15(11-22)9-13(16)3)19(24)23-21(18)6-7-27-14(4)10-21/h8-9,14H,5-7,10H2,1-4H3,(H,23,24). The Hall–Kier alpha value is -2.85. The largest absolute Gasteiger partial charge is 0.513 e. The van der Waals surface area contributed by atoms with Crippen LogP contribution in [0.3, 0.4) is 0 Å². The molecule has 0 saturated carbocycles. The number of nitrogens with zero attached hydrogens (tertiary/aromatic N) is 1. The molecule has 148 valence electrons. The normalized spacial score (nSPS) is 24.1. The van der Waals surface area contributed by atoms with E-state index in [0.29, 0.717) is 36.1 Å². The highest BCUT2D eigenvalue weighted by Gasteiger charge is 2.51. The first-order valence-corrected chi connectivity index (χ1v) is 9.36. The molecule has 28 heavy (non-hydrogen) atoms. The summed E-state index contributed by atoms with van der Waals surface area (Å²) in [4.78, 5) is 25.2. The van der Waals surface area contributed by atoms with Crippen LogP contribution in [0.15, 0.2) is 17.9 Å². The molecule has 1 saturated heterocycles. The van der Waals surface area contributed by atoms with Gasteiger partial charge in [-0.3, -0.25) is 4.79 Å². The van der Waals surface area contributed by atoms with Gasteiger partial charge in [-0.1, -0.05) is 0 Å². The van der Waals surface area contributed by atoms with Crippen molar-refractivity contribution in [3.8, 4) is 6.07 Å². The molecule has 2 heterocycles. The van der Waals surface area contributed by atoms with Crippen molar-refractivity contribution in [2.75, 3.05) is 13.2 Å². The number of nitrogens with one attached hydrogen (secondary N) is 1. The average molecular weight is 384 g/mol. The van der Waals surface area contributed by atoms with Gasteiger partial charge in [0.25, 0.3) is 5.91 Å². The van der Waals surface area contributed by atoms with Crippen LogP contribution in [0.4, 0.5) is 4.79 Å². The molecule has 1 aromatic rings. The lowest BCUT2D eigenvalue weighted by molar-refractivity contribution is -0.117. The van der Waals surface area contributed by atoms with Crippen molar-refractivity contribution in [2.45, 2.75) is 52.2 Å². The van der Waals surface area contributed by atoms with Crippen LogP contribution in [-0.4, -0.2) is 36.9 Å². The van der Waals surface area contributed by atoms with E-state index in [2.05, 4.69) is 11.4 Å². The minimum Gasteiger partial charge on any atom is -0.434 e. The fourth-order valence-corrected chi connectivity index (χ4v) is 4.11. The molecule has 2 atom stereocenters. The molecule has 2 aliphatic heterocycles. The quantitative estimate of drug-likeness (QED) is 0.804. The summed E-state index contributed by atoms with van der Waals surface area (Å²) in [5.41, 5.74) is 2.23. The van der Waals surface area contributed by atoms with E-state index < -0.39 is 11.7 Å². The number of benzene rings is 1. The van der Waals surface area contributed by atoms with Crippen molar-refractivity contribution in [3.63, 3.8) is 0 Å². The van der Waals surface area contributed by atoms with Gasteiger partial charge in [-0.05, 0) is 56.5 Å². The third kappa shape index (κ3) is 3.48. The smallest absolute Gasteiger partial charge is 0.434 e. The van der Waals surface area contributed by atoms with E-state index >= 15 is 0 Å². The Morgan fingerprint density at radius 2 is 2.07 bits per heavy atom. The van der Waals surface area contributed by atoms with Gasteiger partial charge in [-0.25, -0.2) is 4.79 Å². The number of aryl methyl sites for hydroxylation is 2. The van der Waals surface area contributed by atoms with Gasteiger partial charge in [0.05, 0.1) is 29.9 Å². The SMILES string of the molecule is CCOC(=O)OC1=C(c2c(C)cc(C#N)cc2C)C(=O)NC12CCOC(C)C2. The molecule has 1 spiro atoms. The van der Waals surface area contributed by atoms with Gasteiger partial charge < -0.3 is 19.5 Å². The lowest BCUT2D eigenvalue weighted by atomic mass is 9.84. The van der Waals surface area contributed by atoms with Crippen LogP contribution in [0.25, 0.3) is 5.57 Å². The highest BCUT2D eigenvalue weighted by molar-refractivity contribution is 6.24. The molecule has 0 aromatic heterocycles. The first-order chi connectivity index (χ1) is 13.3. The van der Waals surface area contributed by atoms with Crippen LogP contribution in [-0.2, 0) is 19.0 Å². The minimum absolute atomic E-state index is 0.0997. The third-order valence-electron chi connectivity index (χ3n) is 5.17. The van der Waals surface area contributed by atoms with E-state index in [-0.39, 0.29) is 24.4 Å². The zero-order valence-electron chi connectivity index (χ0n) is 16.5. The highest BCUT2D eigenvalue weighted by Crippen LogP contribution is 2.43. The van der Waals surface area contributed by atoms with Crippen LogP contribution in [0.5, 0.6) is 0 Å². The Bertz CT molecular complexity index is 876. The fourth-order valence-electron chi connectivity index (χ4n) is 4.11. The van der Waals surface area contributed by atoms with Gasteiger partial charge >= 0.3 is 6.16 Å². The Labute approximate surface area is 164 Å². The number of nitriles is 1. The molecular weight excluding hydrogens is 360 g/mol. The van der Waals surface area contributed by atoms with E-state index in [1.807, 2.05) is 20.8 Å². The van der Waals surface area contributed by atoms with Gasteiger partial charge in [0.2, 0.25) is 0 Å². The van der Waals surface area contributed by atoms with Crippen molar-refractivity contribution >= 4 is 17.6 Å². The van der Waals surface area contributed by atoms with Gasteiger partial charge in [0.1, 0.15) is 5.54 Å². The molecule has 1 N–H and O–H groups in total. The molecule has 1 fully saturated rings. The van der Waals surface area contributed by atoms with Crippen molar-refractivity contribution in [3.05, 3.63) is 40.1 Å². The summed E-state index contributed by atoms with van der Waals surface area (Å²) < 4.78 is 16.2. The summed E-state index contributed by atoms with van der Waals surface area (Å²) in [5, 5.41) is 12.2. The van der Waals surface area contributed by atoms with Gasteiger partial charge in [-0.2, -0.15) is 5.26 Å². The maximum Gasteiger partial charge on any atom is 0.513 e. The number of ether oxygens (including phenoxy) is 3. The number of carbonyl (C=O) groups is 2. The molecule has 1 amide bonds. The summed E-state index contributed by atoms with van der Waals surface area (Å²) in [6.07, 6.45) is 0.0486. The van der Waals surface area contributed by atoms with Crippen LogP contribution in [0, 0.1) is 25.2 Å². The number of rotatable bonds is 3. The summed E-state index contributed by atoms with van der Waals surface area (Å²) in [6.45, 7) is 7.90. The topological polar surface area (TPSA) is 97.7 Å². The molecule has 2 aliphatic rings. The number of amides is 1. The molecule has 2 unspecified atom stereocenters. The molecule has 0 radical (unpaired) electrons. The van der Waals surface area contributed by atoms with Crippen LogP contribution in [0.1, 0.15) is 48.9 Å². The number of hydrogen-bond acceptors (Lipinski definition) is 6. The van der Waals surface area contributed by atoms with Crippen molar-refractivity contribution in [1.29, 1.82) is 5.26 Å². The van der Waals surface area contributed by atoms with Gasteiger partial charge in [-0.15, -0.1) is 0 Å². The molecule has 3 rings (SSSR count). The second kappa shape index (κ2) is 7.64. The lowest BCUT2D eigenvalue weighted by Crippen LogP contribution is -2.51. The van der Waals surface area contributed by atoms with Crippen molar-refractivity contribution in [2.24, 2.45) is 0 Å². The highest BCUT2D eigenvalue weighted by atomic mass is 16.7. The van der Waals surface area contributed by atoms with Crippen molar-refractivity contribution < 1.29 is 23.8 Å². The Morgan fingerprint density at radius 3 is 2.64 bits per heavy atom. The van der Waals surface area contributed by atoms with Crippen LogP contribution in [0.2, 0.25) is 0 Å². The Morgan fingerprint density at radius 1 is 1.39 bits per heavy atom. The van der Waals surface area contributed by atoms with Crippen LogP contribution >= 0.6 is 0 Å². The molecular formula is C21H24N2O5. The predicted molar refractivity (Wildman–Crippen MR) is 101 cm³/mol. The lowest BCUT2D eigenvalue weighted by Gasteiger charge is -2.37. The fraction of sp³-hybridized carbons (Fsp3) is 0.476. The first kappa shape index (κ1) is 19.9. The summed E-state index contributed by atoms with van der Waals surface area (Å²) >= 11 is 0. The van der Waals surface area contributed by atoms with E-state index in [1.165, 1.54) is 0 Å². The van der Waals surface area contributed by atoms with E-state index in [1.54, 1.807) is 19.1 Å². The van der Waals surface area contributed by atoms with Crippen molar-refractivity contribution in [1.82, 2.24) is 5.32 Å². The Kier molecular flexibility index (Phi) is 5.43. The summed E-state index contributed by atoms with van der Waals surface area (Å²) in [7, 11) is 0. The van der Waals surface area contributed by atoms with Gasteiger partial charge in [0.15, 0.2) is 5.76 Å². The molecule has 1 aromatic carbocycles. The molecule has 0 aliphatic carbocycles. The second-order valence-corrected chi connectivity index (χ2v) is 7.26. The summed E-state index contributed by atoms with van der Waals surface area (Å²) in [5.74, 6) is -0.0219. The van der Waals surface area contributed by atoms with E-state index in [0.717, 1.165) is 11.1 Å². The van der Waals surface area contributed by atoms with E-state index in [9.17, 15) is 14.9 Å². The monoisotopic (exact) mass is 384 g/mol. The maximum atomic E-state index is 13.1. The molecule has 7 nitrogen and oxygen atoms in total. The average Bonchev–Trinajstić information content (AvgIpc) is 2.86. The zero-order chi connectivity index (χ0) is 20.5.